The van der Waals surface area contributed by atoms with Crippen LogP contribution in [0.3, 0.4) is 0 Å². The third-order valence-corrected chi connectivity index (χ3v) is 8.23. The second-order valence-electron chi connectivity index (χ2n) is 9.16. The summed E-state index contributed by atoms with van der Waals surface area (Å²) in [5, 5.41) is 15.9. The smallest absolute Gasteiger partial charge is 0.317 e. The Labute approximate surface area is 206 Å². The first-order chi connectivity index (χ1) is 16.4. The SMILES string of the molecule is CCCCC1(CCCC)CS(=O)c2cc(CNCC(=O)O)c(OC)cc2C(c2ccccc2)N1. The van der Waals surface area contributed by atoms with Crippen LogP contribution < -0.4 is 15.4 Å². The molecule has 1 aliphatic heterocycles. The topological polar surface area (TPSA) is 87.7 Å². The monoisotopic (exact) mass is 486 g/mol. The van der Waals surface area contributed by atoms with Crippen LogP contribution >= 0.6 is 0 Å². The van der Waals surface area contributed by atoms with E-state index in [1.54, 1.807) is 7.11 Å². The van der Waals surface area contributed by atoms with Crippen molar-refractivity contribution in [1.29, 1.82) is 0 Å². The summed E-state index contributed by atoms with van der Waals surface area (Å²) in [5.41, 5.74) is 2.71. The lowest BCUT2D eigenvalue weighted by Gasteiger charge is -2.37. The number of fused-ring (bicyclic) bond motifs is 1. The van der Waals surface area contributed by atoms with Gasteiger partial charge in [0.1, 0.15) is 5.75 Å². The molecule has 6 nitrogen and oxygen atoms in total. The Balaban J connectivity index is 2.11. The Bertz CT molecular complexity index is 972. The largest absolute Gasteiger partial charge is 0.496 e. The molecule has 3 N–H and O–H groups in total. The molecular weight excluding hydrogens is 448 g/mol. The molecule has 0 saturated heterocycles. The number of hydrogen-bond donors (Lipinski definition) is 3. The van der Waals surface area contributed by atoms with Crippen molar-refractivity contribution in [3.8, 4) is 5.75 Å². The predicted octanol–water partition coefficient (Wildman–Crippen LogP) is 4.79. The van der Waals surface area contributed by atoms with Crippen LogP contribution in [0.4, 0.5) is 0 Å². The van der Waals surface area contributed by atoms with Gasteiger partial charge >= 0.3 is 5.97 Å². The summed E-state index contributed by atoms with van der Waals surface area (Å²) in [6.07, 6.45) is 6.32. The van der Waals surface area contributed by atoms with E-state index in [9.17, 15) is 9.00 Å². The predicted molar refractivity (Wildman–Crippen MR) is 137 cm³/mol. The van der Waals surface area contributed by atoms with E-state index in [-0.39, 0.29) is 18.1 Å². The van der Waals surface area contributed by atoms with Crippen molar-refractivity contribution in [2.45, 2.75) is 75.4 Å². The molecule has 2 unspecified atom stereocenters. The summed E-state index contributed by atoms with van der Waals surface area (Å²) < 4.78 is 19.6. The molecule has 0 radical (unpaired) electrons. The Morgan fingerprint density at radius 3 is 2.44 bits per heavy atom. The Morgan fingerprint density at radius 2 is 1.85 bits per heavy atom. The number of rotatable bonds is 12. The van der Waals surface area contributed by atoms with Crippen LogP contribution in [-0.2, 0) is 22.1 Å². The number of benzene rings is 2. The van der Waals surface area contributed by atoms with E-state index in [0.717, 1.165) is 60.1 Å². The normalized spacial score (nSPS) is 19.3. The van der Waals surface area contributed by atoms with E-state index in [0.29, 0.717) is 18.0 Å². The first-order valence-electron chi connectivity index (χ1n) is 12.3. The van der Waals surface area contributed by atoms with E-state index in [2.05, 4.69) is 36.6 Å². The molecule has 2 aromatic carbocycles. The molecule has 0 aliphatic carbocycles. The average molecular weight is 487 g/mol. The molecule has 1 heterocycles. The van der Waals surface area contributed by atoms with Crippen LogP contribution in [0.25, 0.3) is 0 Å². The number of nitrogens with one attached hydrogen (secondary N) is 2. The van der Waals surface area contributed by atoms with Gasteiger partial charge in [0.15, 0.2) is 0 Å². The third kappa shape index (κ3) is 6.46. The lowest BCUT2D eigenvalue weighted by atomic mass is 9.86. The van der Waals surface area contributed by atoms with Gasteiger partial charge in [0.2, 0.25) is 0 Å². The number of ether oxygens (including phenoxy) is 1. The van der Waals surface area contributed by atoms with E-state index in [1.807, 2.05) is 30.3 Å². The first kappa shape index (κ1) is 26.4. The summed E-state index contributed by atoms with van der Waals surface area (Å²) in [4.78, 5) is 11.8. The van der Waals surface area contributed by atoms with E-state index >= 15 is 0 Å². The molecule has 7 heteroatoms. The van der Waals surface area contributed by atoms with Crippen LogP contribution in [0.2, 0.25) is 0 Å². The minimum Gasteiger partial charge on any atom is -0.496 e. The fraction of sp³-hybridized carbons (Fsp3) is 0.519. The van der Waals surface area contributed by atoms with Crippen molar-refractivity contribution >= 4 is 16.8 Å². The lowest BCUT2D eigenvalue weighted by molar-refractivity contribution is -0.136. The van der Waals surface area contributed by atoms with Gasteiger partial charge in [-0.1, -0.05) is 69.9 Å². The number of carbonyl (C=O) groups is 1. The van der Waals surface area contributed by atoms with Gasteiger partial charge in [-0.3, -0.25) is 14.3 Å². The summed E-state index contributed by atoms with van der Waals surface area (Å²) in [6, 6.07) is 14.2. The second-order valence-corrected chi connectivity index (χ2v) is 10.6. The number of carboxylic acids is 1. The van der Waals surface area contributed by atoms with Crippen molar-refractivity contribution in [1.82, 2.24) is 10.6 Å². The molecular formula is C27H38N2O4S. The molecule has 0 amide bonds. The zero-order chi connectivity index (χ0) is 24.6. The van der Waals surface area contributed by atoms with Gasteiger partial charge in [-0.25, -0.2) is 0 Å². The second kappa shape index (κ2) is 12.5. The molecule has 0 aromatic heterocycles. The fourth-order valence-corrected chi connectivity index (χ4v) is 6.52. The lowest BCUT2D eigenvalue weighted by Crippen LogP contribution is -2.50. The maximum atomic E-state index is 13.9. The zero-order valence-electron chi connectivity index (χ0n) is 20.6. The van der Waals surface area contributed by atoms with Crippen molar-refractivity contribution in [3.63, 3.8) is 0 Å². The number of aliphatic carboxylic acids is 1. The maximum Gasteiger partial charge on any atom is 0.317 e. The highest BCUT2D eigenvalue weighted by Crippen LogP contribution is 2.40. The maximum absolute atomic E-state index is 13.9. The first-order valence-corrected chi connectivity index (χ1v) is 13.6. The molecule has 186 valence electrons. The minimum absolute atomic E-state index is 0.105. The van der Waals surface area contributed by atoms with Gasteiger partial charge in [-0.15, -0.1) is 0 Å². The van der Waals surface area contributed by atoms with Crippen LogP contribution in [0.15, 0.2) is 47.4 Å². The Kier molecular flexibility index (Phi) is 9.68. The van der Waals surface area contributed by atoms with Crippen LogP contribution in [0, 0.1) is 0 Å². The third-order valence-electron chi connectivity index (χ3n) is 6.57. The van der Waals surface area contributed by atoms with E-state index in [4.69, 9.17) is 9.84 Å². The Hall–Kier alpha value is -2.22. The van der Waals surface area contributed by atoms with Gasteiger partial charge in [-0.2, -0.15) is 0 Å². The number of unbranched alkanes of at least 4 members (excludes halogenated alkanes) is 2. The fourth-order valence-electron chi connectivity index (χ4n) is 4.78. The molecule has 3 rings (SSSR count). The van der Waals surface area contributed by atoms with E-state index in [1.165, 1.54) is 0 Å². The van der Waals surface area contributed by atoms with Crippen LogP contribution in [0.1, 0.15) is 75.1 Å². The molecule has 0 saturated carbocycles. The molecule has 2 aromatic rings. The summed E-state index contributed by atoms with van der Waals surface area (Å²) in [6.45, 7) is 4.59. The average Bonchev–Trinajstić information content (AvgIpc) is 2.96. The highest BCUT2D eigenvalue weighted by atomic mass is 32.2. The zero-order valence-corrected chi connectivity index (χ0v) is 21.4. The Morgan fingerprint density at radius 1 is 1.18 bits per heavy atom. The molecule has 0 bridgehead atoms. The van der Waals surface area contributed by atoms with Gasteiger partial charge < -0.3 is 15.2 Å². The van der Waals surface area contributed by atoms with Crippen LogP contribution in [0.5, 0.6) is 5.75 Å². The van der Waals surface area contributed by atoms with Crippen molar-refractivity contribution in [2.24, 2.45) is 0 Å². The molecule has 0 spiro atoms. The quantitative estimate of drug-likeness (QED) is 0.400. The molecule has 2 atom stereocenters. The highest BCUT2D eigenvalue weighted by molar-refractivity contribution is 7.85. The van der Waals surface area contributed by atoms with Crippen molar-refractivity contribution in [3.05, 3.63) is 59.2 Å². The number of hydrogen-bond acceptors (Lipinski definition) is 5. The minimum atomic E-state index is -1.20. The highest BCUT2D eigenvalue weighted by Gasteiger charge is 2.39. The van der Waals surface area contributed by atoms with Crippen LogP contribution in [-0.4, -0.2) is 40.2 Å². The van der Waals surface area contributed by atoms with Gasteiger partial charge in [0, 0.05) is 28.3 Å². The summed E-state index contributed by atoms with van der Waals surface area (Å²) in [7, 11) is 0.419. The molecule has 1 aliphatic rings. The van der Waals surface area contributed by atoms with Gasteiger partial charge in [0.05, 0.1) is 30.5 Å². The van der Waals surface area contributed by atoms with E-state index < -0.39 is 16.8 Å². The molecule has 0 fully saturated rings. The number of methoxy groups -OCH3 is 1. The molecule has 34 heavy (non-hydrogen) atoms. The van der Waals surface area contributed by atoms with Gasteiger partial charge in [0.25, 0.3) is 0 Å². The van der Waals surface area contributed by atoms with Crippen molar-refractivity contribution in [2.75, 3.05) is 19.4 Å². The van der Waals surface area contributed by atoms with Gasteiger partial charge in [-0.05, 0) is 36.1 Å². The standard InChI is InChI=1S/C27H38N2O4S/c1-4-6-13-27(14-7-5-2)19-34(32)24-15-21(17-28-18-25(30)31)23(33-3)16-22(24)26(29-27)20-11-9-8-10-12-20/h8-12,15-16,26,28-29H,4-7,13-14,17-19H2,1-3H3,(H,30,31). The summed E-state index contributed by atoms with van der Waals surface area (Å²) >= 11 is 0. The van der Waals surface area contributed by atoms with Crippen molar-refractivity contribution < 1.29 is 18.8 Å². The number of carboxylic acid groups (broad SMARTS) is 1. The summed E-state index contributed by atoms with van der Waals surface area (Å²) in [5.74, 6) is 0.325.